The summed E-state index contributed by atoms with van der Waals surface area (Å²) in [6.45, 7) is 2.02. The molecular formula is C12H12O2. The van der Waals surface area contributed by atoms with Crippen LogP contribution in [-0.4, -0.2) is 11.1 Å². The zero-order valence-electron chi connectivity index (χ0n) is 8.03. The lowest BCUT2D eigenvalue weighted by Gasteiger charge is -2.10. The van der Waals surface area contributed by atoms with E-state index in [0.29, 0.717) is 5.57 Å². The Bertz CT molecular complexity index is 405. The summed E-state index contributed by atoms with van der Waals surface area (Å²) in [6, 6.07) is 7.87. The maximum atomic E-state index is 11.0. The number of fused-ring (bicyclic) bond motifs is 1. The second kappa shape index (κ2) is 3.29. The average Bonchev–Trinajstić information content (AvgIpc) is 2.56. The highest BCUT2D eigenvalue weighted by molar-refractivity contribution is 5.96. The quantitative estimate of drug-likeness (QED) is 0.774. The molecule has 1 atom stereocenters. The van der Waals surface area contributed by atoms with E-state index in [-0.39, 0.29) is 5.92 Å². The highest BCUT2D eigenvalue weighted by Gasteiger charge is 2.27. The lowest BCUT2D eigenvalue weighted by atomic mass is 9.93. The summed E-state index contributed by atoms with van der Waals surface area (Å²) < 4.78 is 0. The third-order valence-electron chi connectivity index (χ3n) is 2.71. The van der Waals surface area contributed by atoms with Crippen molar-refractivity contribution >= 4 is 12.0 Å². The summed E-state index contributed by atoms with van der Waals surface area (Å²) >= 11 is 0. The maximum absolute atomic E-state index is 11.0. The van der Waals surface area contributed by atoms with Crippen LogP contribution in [0.4, 0.5) is 0 Å². The van der Waals surface area contributed by atoms with Gasteiger partial charge in [0.2, 0.25) is 0 Å². The predicted molar refractivity (Wildman–Crippen MR) is 55.1 cm³/mol. The van der Waals surface area contributed by atoms with Crippen LogP contribution < -0.4 is 0 Å². The fraction of sp³-hybridized carbons (Fsp3) is 0.250. The number of carboxylic acids is 1. The van der Waals surface area contributed by atoms with Gasteiger partial charge in [-0.3, -0.25) is 0 Å². The average molecular weight is 188 g/mol. The molecule has 0 heterocycles. The normalized spacial score (nSPS) is 18.9. The monoisotopic (exact) mass is 188 g/mol. The Hall–Kier alpha value is -1.57. The van der Waals surface area contributed by atoms with Crippen molar-refractivity contribution in [1.29, 1.82) is 0 Å². The van der Waals surface area contributed by atoms with Gasteiger partial charge < -0.3 is 5.11 Å². The van der Waals surface area contributed by atoms with Gasteiger partial charge in [-0.1, -0.05) is 31.2 Å². The number of rotatable bonds is 2. The molecule has 2 rings (SSSR count). The minimum Gasteiger partial charge on any atom is -0.478 e. The largest absolute Gasteiger partial charge is 0.478 e. The first-order chi connectivity index (χ1) is 6.74. The molecule has 0 bridgehead atoms. The number of carbonyl (C=O) groups is 1. The second-order valence-corrected chi connectivity index (χ2v) is 3.49. The molecule has 0 radical (unpaired) electrons. The second-order valence-electron chi connectivity index (χ2n) is 3.49. The zero-order valence-corrected chi connectivity index (χ0v) is 8.03. The molecule has 0 spiro atoms. The molecule has 1 unspecified atom stereocenters. The van der Waals surface area contributed by atoms with Gasteiger partial charge in [0, 0.05) is 11.5 Å². The molecule has 0 saturated heterocycles. The molecule has 2 nitrogen and oxygen atoms in total. The highest BCUT2D eigenvalue weighted by Crippen LogP contribution is 2.38. The topological polar surface area (TPSA) is 37.3 Å². The van der Waals surface area contributed by atoms with Crippen molar-refractivity contribution in [2.45, 2.75) is 19.3 Å². The van der Waals surface area contributed by atoms with Crippen molar-refractivity contribution in [1.82, 2.24) is 0 Å². The molecule has 1 aliphatic rings. The summed E-state index contributed by atoms with van der Waals surface area (Å²) in [5, 5.41) is 9.02. The van der Waals surface area contributed by atoms with E-state index < -0.39 is 5.97 Å². The molecule has 0 fully saturated rings. The SMILES string of the molecule is CCC1C(C(=O)O)=Cc2ccccc21. The van der Waals surface area contributed by atoms with Crippen LogP contribution in [0.25, 0.3) is 6.08 Å². The molecule has 1 aromatic rings. The smallest absolute Gasteiger partial charge is 0.332 e. The highest BCUT2D eigenvalue weighted by atomic mass is 16.4. The van der Waals surface area contributed by atoms with Crippen LogP contribution in [0.3, 0.4) is 0 Å². The first-order valence-corrected chi connectivity index (χ1v) is 4.78. The minimum absolute atomic E-state index is 0.0729. The predicted octanol–water partition coefficient (Wildman–Crippen LogP) is 2.66. The lowest BCUT2D eigenvalue weighted by molar-refractivity contribution is -0.132. The molecule has 1 N–H and O–H groups in total. The van der Waals surface area contributed by atoms with Crippen molar-refractivity contribution in [2.24, 2.45) is 0 Å². The van der Waals surface area contributed by atoms with Crippen molar-refractivity contribution in [2.75, 3.05) is 0 Å². The van der Waals surface area contributed by atoms with Gasteiger partial charge in [-0.25, -0.2) is 4.79 Å². The fourth-order valence-electron chi connectivity index (χ4n) is 2.05. The fourth-order valence-corrected chi connectivity index (χ4v) is 2.05. The Kier molecular flexibility index (Phi) is 2.12. The van der Waals surface area contributed by atoms with Crippen LogP contribution in [0, 0.1) is 0 Å². The van der Waals surface area contributed by atoms with E-state index in [9.17, 15) is 4.79 Å². The number of carboxylic acid groups (broad SMARTS) is 1. The molecular weight excluding hydrogens is 176 g/mol. The van der Waals surface area contributed by atoms with Gasteiger partial charge in [0.05, 0.1) is 0 Å². The van der Waals surface area contributed by atoms with Gasteiger partial charge in [-0.05, 0) is 23.6 Å². The molecule has 0 amide bonds. The maximum Gasteiger partial charge on any atom is 0.332 e. The van der Waals surface area contributed by atoms with Crippen molar-refractivity contribution in [3.05, 3.63) is 41.0 Å². The lowest BCUT2D eigenvalue weighted by Crippen LogP contribution is -2.06. The number of aliphatic carboxylic acids is 1. The zero-order chi connectivity index (χ0) is 10.1. The van der Waals surface area contributed by atoms with Gasteiger partial charge in [-0.2, -0.15) is 0 Å². The van der Waals surface area contributed by atoms with E-state index >= 15 is 0 Å². The summed E-state index contributed by atoms with van der Waals surface area (Å²) in [6.07, 6.45) is 2.63. The number of hydrogen-bond acceptors (Lipinski definition) is 1. The summed E-state index contributed by atoms with van der Waals surface area (Å²) in [5.74, 6) is -0.725. The number of benzene rings is 1. The first kappa shape index (κ1) is 9.00. The van der Waals surface area contributed by atoms with E-state index in [1.807, 2.05) is 31.2 Å². The summed E-state index contributed by atoms with van der Waals surface area (Å²) in [7, 11) is 0. The Morgan fingerprint density at radius 1 is 1.43 bits per heavy atom. The Labute approximate surface area is 82.9 Å². The van der Waals surface area contributed by atoms with E-state index in [0.717, 1.165) is 17.5 Å². The van der Waals surface area contributed by atoms with Crippen molar-refractivity contribution in [3.63, 3.8) is 0 Å². The van der Waals surface area contributed by atoms with Gasteiger partial charge in [0.1, 0.15) is 0 Å². The minimum atomic E-state index is -0.798. The van der Waals surface area contributed by atoms with Crippen molar-refractivity contribution in [3.8, 4) is 0 Å². The number of hydrogen-bond donors (Lipinski definition) is 1. The Morgan fingerprint density at radius 3 is 2.79 bits per heavy atom. The third-order valence-corrected chi connectivity index (χ3v) is 2.71. The third kappa shape index (κ3) is 1.23. The van der Waals surface area contributed by atoms with E-state index in [4.69, 9.17) is 5.11 Å². The van der Waals surface area contributed by atoms with E-state index in [1.165, 1.54) is 0 Å². The van der Waals surface area contributed by atoms with E-state index in [2.05, 4.69) is 0 Å². The van der Waals surface area contributed by atoms with Gasteiger partial charge in [-0.15, -0.1) is 0 Å². The molecule has 0 aliphatic heterocycles. The van der Waals surface area contributed by atoms with Gasteiger partial charge >= 0.3 is 5.97 Å². The van der Waals surface area contributed by atoms with Crippen LogP contribution in [-0.2, 0) is 4.79 Å². The molecule has 1 aromatic carbocycles. The standard InChI is InChI=1S/C12H12O2/c1-2-9-10-6-4-3-5-8(10)7-11(9)12(13)14/h3-7,9H,2H2,1H3,(H,13,14). The molecule has 0 saturated carbocycles. The van der Waals surface area contributed by atoms with E-state index in [1.54, 1.807) is 6.08 Å². The summed E-state index contributed by atoms with van der Waals surface area (Å²) in [4.78, 5) is 11.0. The molecule has 0 aromatic heterocycles. The molecule has 72 valence electrons. The van der Waals surface area contributed by atoms with Crippen LogP contribution in [0.2, 0.25) is 0 Å². The molecule has 14 heavy (non-hydrogen) atoms. The molecule has 2 heteroatoms. The van der Waals surface area contributed by atoms with Crippen LogP contribution in [0.15, 0.2) is 29.8 Å². The first-order valence-electron chi connectivity index (χ1n) is 4.78. The Balaban J connectivity index is 2.49. The molecule has 1 aliphatic carbocycles. The summed E-state index contributed by atoms with van der Waals surface area (Å²) in [5.41, 5.74) is 2.72. The van der Waals surface area contributed by atoms with Gasteiger partial charge in [0.25, 0.3) is 0 Å². The van der Waals surface area contributed by atoms with Crippen LogP contribution in [0.1, 0.15) is 30.4 Å². The Morgan fingerprint density at radius 2 is 2.14 bits per heavy atom. The van der Waals surface area contributed by atoms with Crippen LogP contribution in [0.5, 0.6) is 0 Å². The van der Waals surface area contributed by atoms with Crippen molar-refractivity contribution < 1.29 is 9.90 Å². The van der Waals surface area contributed by atoms with Crippen LogP contribution >= 0.6 is 0 Å². The van der Waals surface area contributed by atoms with Gasteiger partial charge in [0.15, 0.2) is 0 Å².